The first-order valence-electron chi connectivity index (χ1n) is 11.0. The highest BCUT2D eigenvalue weighted by Crippen LogP contribution is 2.41. The van der Waals surface area contributed by atoms with Gasteiger partial charge < -0.3 is 4.74 Å². The maximum Gasteiger partial charge on any atom is 0.315 e. The first-order valence-corrected chi connectivity index (χ1v) is 12.9. The molecule has 1 aliphatic carbocycles. The van der Waals surface area contributed by atoms with Crippen molar-refractivity contribution in [1.29, 1.82) is 0 Å². The van der Waals surface area contributed by atoms with Gasteiger partial charge in [0.25, 0.3) is 0 Å². The van der Waals surface area contributed by atoms with Gasteiger partial charge in [-0.15, -0.1) is 23.5 Å². The molecule has 0 aromatic heterocycles. The SMILES string of the molecule is COC(=O)CSC1CCCCCCC1Sc1cc(C(C)(C)C)cc(C(C)(C)C)c1. The highest BCUT2D eigenvalue weighted by atomic mass is 32.2. The Morgan fingerprint density at radius 2 is 1.41 bits per heavy atom. The smallest absolute Gasteiger partial charge is 0.315 e. The number of rotatable bonds is 5. The molecule has 1 aromatic carbocycles. The van der Waals surface area contributed by atoms with Crippen LogP contribution in [0.5, 0.6) is 0 Å². The average Bonchev–Trinajstić information content (AvgIpc) is 2.61. The molecule has 1 aliphatic rings. The lowest BCUT2D eigenvalue weighted by molar-refractivity contribution is -0.137. The van der Waals surface area contributed by atoms with Gasteiger partial charge in [-0.25, -0.2) is 0 Å². The number of methoxy groups -OCH3 is 1. The summed E-state index contributed by atoms with van der Waals surface area (Å²) in [4.78, 5) is 13.1. The molecule has 0 aliphatic heterocycles. The second-order valence-corrected chi connectivity index (χ2v) is 12.9. The fraction of sp³-hybridized carbons (Fsp3) is 0.720. The number of thioether (sulfide) groups is 2. The van der Waals surface area contributed by atoms with E-state index in [0.29, 0.717) is 16.3 Å². The second-order valence-electron chi connectivity index (χ2n) is 10.3. The lowest BCUT2D eigenvalue weighted by Gasteiger charge is -2.30. The first kappa shape index (κ1) is 24.7. The fourth-order valence-corrected chi connectivity index (χ4v) is 6.55. The normalized spacial score (nSPS) is 21.3. The van der Waals surface area contributed by atoms with Crippen LogP contribution in [0.2, 0.25) is 0 Å². The van der Waals surface area contributed by atoms with E-state index in [1.54, 1.807) is 11.8 Å². The summed E-state index contributed by atoms with van der Waals surface area (Å²) in [6, 6.07) is 7.20. The molecule has 164 valence electrons. The predicted molar refractivity (Wildman–Crippen MR) is 129 cm³/mol. The van der Waals surface area contributed by atoms with E-state index in [1.165, 1.54) is 61.7 Å². The van der Waals surface area contributed by atoms with E-state index in [1.807, 2.05) is 11.8 Å². The van der Waals surface area contributed by atoms with E-state index in [4.69, 9.17) is 4.74 Å². The first-order chi connectivity index (χ1) is 13.5. The zero-order valence-electron chi connectivity index (χ0n) is 19.5. The van der Waals surface area contributed by atoms with E-state index >= 15 is 0 Å². The molecular formula is C25H40O2S2. The maximum absolute atomic E-state index is 11.7. The summed E-state index contributed by atoms with van der Waals surface area (Å²) in [5.41, 5.74) is 3.10. The Kier molecular flexibility index (Phi) is 9.03. The molecule has 0 spiro atoms. The van der Waals surface area contributed by atoms with Crippen molar-refractivity contribution in [2.45, 2.75) is 106 Å². The van der Waals surface area contributed by atoms with Gasteiger partial charge in [-0.1, -0.05) is 73.3 Å². The van der Waals surface area contributed by atoms with Gasteiger partial charge in [-0.05, 0) is 46.9 Å². The number of carbonyl (C=O) groups is 1. The van der Waals surface area contributed by atoms with Crippen LogP contribution in [-0.4, -0.2) is 29.3 Å². The molecule has 1 aromatic rings. The van der Waals surface area contributed by atoms with Gasteiger partial charge in [0.2, 0.25) is 0 Å². The van der Waals surface area contributed by atoms with Gasteiger partial charge in [0, 0.05) is 15.4 Å². The number of hydrogen-bond donors (Lipinski definition) is 0. The number of ether oxygens (including phenoxy) is 1. The van der Waals surface area contributed by atoms with Gasteiger partial charge in [0.15, 0.2) is 0 Å². The summed E-state index contributed by atoms with van der Waals surface area (Å²) < 4.78 is 4.89. The number of hydrogen-bond acceptors (Lipinski definition) is 4. The molecule has 0 radical (unpaired) electrons. The molecule has 1 fully saturated rings. The number of carbonyl (C=O) groups excluding carboxylic acids is 1. The van der Waals surface area contributed by atoms with Crippen molar-refractivity contribution in [2.24, 2.45) is 0 Å². The van der Waals surface area contributed by atoms with Gasteiger partial charge in [-0.3, -0.25) is 4.79 Å². The summed E-state index contributed by atoms with van der Waals surface area (Å²) in [5, 5.41) is 1.06. The zero-order valence-corrected chi connectivity index (χ0v) is 21.1. The standard InChI is InChI=1S/C25H40O2S2/c1-24(2,3)18-14-19(25(4,5)6)16-20(15-18)29-22-13-11-9-8-10-12-21(22)28-17-23(26)27-7/h14-16,21-22H,8-13,17H2,1-7H3. The van der Waals surface area contributed by atoms with E-state index < -0.39 is 0 Å². The summed E-state index contributed by atoms with van der Waals surface area (Å²) >= 11 is 3.85. The Morgan fingerprint density at radius 3 is 1.90 bits per heavy atom. The maximum atomic E-state index is 11.7. The van der Waals surface area contributed by atoms with Crippen LogP contribution in [0, 0.1) is 0 Å². The Balaban J connectivity index is 2.29. The lowest BCUT2D eigenvalue weighted by atomic mass is 9.81. The second kappa shape index (κ2) is 10.6. The van der Waals surface area contributed by atoms with Crippen LogP contribution in [-0.2, 0) is 20.4 Å². The molecule has 0 amide bonds. The van der Waals surface area contributed by atoms with Crippen LogP contribution in [0.1, 0.15) is 91.2 Å². The third-order valence-electron chi connectivity index (χ3n) is 5.71. The topological polar surface area (TPSA) is 26.3 Å². The Labute approximate surface area is 187 Å². The van der Waals surface area contributed by atoms with Gasteiger partial charge in [-0.2, -0.15) is 0 Å². The van der Waals surface area contributed by atoms with E-state index in [-0.39, 0.29) is 16.8 Å². The Morgan fingerprint density at radius 1 is 0.897 bits per heavy atom. The molecule has 2 nitrogen and oxygen atoms in total. The largest absolute Gasteiger partial charge is 0.468 e. The third kappa shape index (κ3) is 7.86. The molecule has 1 saturated carbocycles. The predicted octanol–water partition coefficient (Wildman–Crippen LogP) is 7.37. The molecule has 2 rings (SSSR count). The van der Waals surface area contributed by atoms with Crippen molar-refractivity contribution < 1.29 is 9.53 Å². The highest BCUT2D eigenvalue weighted by molar-refractivity contribution is 8.04. The molecule has 29 heavy (non-hydrogen) atoms. The van der Waals surface area contributed by atoms with Crippen molar-refractivity contribution in [1.82, 2.24) is 0 Å². The molecule has 0 bridgehead atoms. The minimum atomic E-state index is -0.106. The highest BCUT2D eigenvalue weighted by Gasteiger charge is 2.27. The third-order valence-corrected chi connectivity index (χ3v) is 8.65. The zero-order chi connectivity index (χ0) is 21.7. The summed E-state index contributed by atoms with van der Waals surface area (Å²) in [6.07, 6.45) is 7.64. The molecule has 2 atom stereocenters. The summed E-state index contributed by atoms with van der Waals surface area (Å²) in [7, 11) is 1.49. The van der Waals surface area contributed by atoms with Crippen molar-refractivity contribution >= 4 is 29.5 Å². The van der Waals surface area contributed by atoms with Crippen molar-refractivity contribution in [3.63, 3.8) is 0 Å². The molecule has 4 heteroatoms. The minimum absolute atomic E-state index is 0.106. The van der Waals surface area contributed by atoms with E-state index in [0.717, 1.165) is 0 Å². The van der Waals surface area contributed by atoms with Crippen LogP contribution in [0.3, 0.4) is 0 Å². The molecule has 0 N–H and O–H groups in total. The molecule has 2 unspecified atom stereocenters. The summed E-state index contributed by atoms with van der Waals surface area (Å²) in [6.45, 7) is 13.8. The molecule has 0 heterocycles. The van der Waals surface area contributed by atoms with Crippen LogP contribution in [0.25, 0.3) is 0 Å². The average molecular weight is 437 g/mol. The van der Waals surface area contributed by atoms with Gasteiger partial charge in [0.1, 0.15) is 0 Å². The fourth-order valence-electron chi connectivity index (χ4n) is 3.68. The van der Waals surface area contributed by atoms with Crippen LogP contribution < -0.4 is 0 Å². The number of esters is 1. The van der Waals surface area contributed by atoms with Crippen molar-refractivity contribution in [2.75, 3.05) is 12.9 Å². The van der Waals surface area contributed by atoms with Crippen LogP contribution in [0.4, 0.5) is 0 Å². The molecular weight excluding hydrogens is 396 g/mol. The van der Waals surface area contributed by atoms with Gasteiger partial charge in [0.05, 0.1) is 12.9 Å². The Bertz CT molecular complexity index is 638. The van der Waals surface area contributed by atoms with Crippen molar-refractivity contribution in [3.05, 3.63) is 29.3 Å². The van der Waals surface area contributed by atoms with Crippen LogP contribution in [0.15, 0.2) is 23.1 Å². The van der Waals surface area contributed by atoms with E-state index in [9.17, 15) is 4.79 Å². The van der Waals surface area contributed by atoms with E-state index in [2.05, 4.69) is 59.7 Å². The Hall–Kier alpha value is -0.610. The van der Waals surface area contributed by atoms with Gasteiger partial charge >= 0.3 is 5.97 Å². The minimum Gasteiger partial charge on any atom is -0.468 e. The molecule has 0 saturated heterocycles. The van der Waals surface area contributed by atoms with Crippen LogP contribution >= 0.6 is 23.5 Å². The monoisotopic (exact) mass is 436 g/mol. The quantitative estimate of drug-likeness (QED) is 0.450. The number of benzene rings is 1. The van der Waals surface area contributed by atoms with Crippen molar-refractivity contribution in [3.8, 4) is 0 Å². The lowest BCUT2D eigenvalue weighted by Crippen LogP contribution is -2.24. The summed E-state index contributed by atoms with van der Waals surface area (Å²) in [5.74, 6) is 0.360.